The van der Waals surface area contributed by atoms with Crippen molar-refractivity contribution >= 4 is 28.7 Å². The predicted octanol–water partition coefficient (Wildman–Crippen LogP) is 2.25. The van der Waals surface area contributed by atoms with Crippen LogP contribution in [0.25, 0.3) is 11.1 Å². The smallest absolute Gasteiger partial charge is 0.419 e. The van der Waals surface area contributed by atoms with Gasteiger partial charge in [0.25, 0.3) is 11.6 Å². The lowest BCUT2D eigenvalue weighted by molar-refractivity contribution is -0.384. The van der Waals surface area contributed by atoms with Gasteiger partial charge < -0.3 is 14.1 Å². The Hall–Kier alpha value is -3.43. The van der Waals surface area contributed by atoms with Crippen molar-refractivity contribution in [3.8, 4) is 0 Å². The summed E-state index contributed by atoms with van der Waals surface area (Å²) in [5.41, 5.74) is 1.16. The Morgan fingerprint density at radius 1 is 1.38 bits per heavy atom. The van der Waals surface area contributed by atoms with Gasteiger partial charge in [-0.1, -0.05) is 12.2 Å². The zero-order chi connectivity index (χ0) is 21.6. The molecular formula is C19H23N3O7. The number of oxazole rings is 1. The highest BCUT2D eigenvalue weighted by molar-refractivity contribution is 5.81. The number of ether oxygens (including phenoxy) is 1. The minimum Gasteiger partial charge on any atom is -0.456 e. The number of fused-ring (bicyclic) bond motifs is 1. The van der Waals surface area contributed by atoms with Crippen molar-refractivity contribution in [3.63, 3.8) is 0 Å². The largest absolute Gasteiger partial charge is 0.456 e. The van der Waals surface area contributed by atoms with E-state index in [0.29, 0.717) is 18.6 Å². The summed E-state index contributed by atoms with van der Waals surface area (Å²) in [5, 5.41) is 10.8. The number of hydrogen-bond donors (Lipinski definition) is 0. The number of aromatic nitrogens is 1. The van der Waals surface area contributed by atoms with Crippen molar-refractivity contribution < 1.29 is 23.7 Å². The molecule has 0 aliphatic rings. The summed E-state index contributed by atoms with van der Waals surface area (Å²) in [5.74, 6) is -1.52. The molecule has 0 N–H and O–H groups in total. The number of carbonyl (C=O) groups is 2. The highest BCUT2D eigenvalue weighted by atomic mass is 16.6. The lowest BCUT2D eigenvalue weighted by atomic mass is 10.2. The first-order valence-electron chi connectivity index (χ1n) is 9.08. The number of esters is 1. The van der Waals surface area contributed by atoms with Crippen LogP contribution < -0.4 is 5.76 Å². The molecule has 0 bridgehead atoms. The second-order valence-electron chi connectivity index (χ2n) is 6.56. The van der Waals surface area contributed by atoms with E-state index < -0.39 is 16.6 Å². The maximum absolute atomic E-state index is 12.0. The number of non-ortho nitro benzene ring substituents is 1. The van der Waals surface area contributed by atoms with Crippen LogP contribution in [0.15, 0.2) is 39.6 Å². The molecule has 0 radical (unpaired) electrons. The molecule has 0 unspecified atom stereocenters. The van der Waals surface area contributed by atoms with Crippen LogP contribution >= 0.6 is 0 Å². The number of nitro benzene ring substituents is 1. The van der Waals surface area contributed by atoms with E-state index in [0.717, 1.165) is 5.57 Å². The molecule has 0 saturated heterocycles. The standard InChI is InChI=1S/C19H23N3O7/c1-4-20(11-13(2)3)17(23)12-28-18(24)6-5-9-21-15-8-7-14(22(26)27)10-16(15)29-19(21)25/h7-8,10H,2,4-6,9,11-12H2,1,3H3. The van der Waals surface area contributed by atoms with Crippen LogP contribution in [-0.4, -0.2) is 46.0 Å². The maximum Gasteiger partial charge on any atom is 0.419 e. The van der Waals surface area contributed by atoms with Gasteiger partial charge in [0.15, 0.2) is 12.2 Å². The van der Waals surface area contributed by atoms with Gasteiger partial charge in [-0.3, -0.25) is 24.3 Å². The normalized spacial score (nSPS) is 10.7. The number of rotatable bonds is 10. The second-order valence-corrected chi connectivity index (χ2v) is 6.56. The van der Waals surface area contributed by atoms with Gasteiger partial charge in [0.05, 0.1) is 16.5 Å². The molecule has 0 aliphatic heterocycles. The summed E-state index contributed by atoms with van der Waals surface area (Å²) in [4.78, 5) is 47.6. The Morgan fingerprint density at radius 2 is 2.10 bits per heavy atom. The molecular weight excluding hydrogens is 382 g/mol. The number of amides is 1. The average Bonchev–Trinajstić information content (AvgIpc) is 2.98. The molecule has 0 atom stereocenters. The summed E-state index contributed by atoms with van der Waals surface area (Å²) < 4.78 is 11.3. The first kappa shape index (κ1) is 21.9. The van der Waals surface area contributed by atoms with Crippen LogP contribution in [0.2, 0.25) is 0 Å². The first-order chi connectivity index (χ1) is 13.7. The molecule has 1 aromatic carbocycles. The van der Waals surface area contributed by atoms with Crippen molar-refractivity contribution in [3.05, 3.63) is 51.0 Å². The molecule has 0 saturated carbocycles. The van der Waals surface area contributed by atoms with E-state index in [4.69, 9.17) is 9.15 Å². The van der Waals surface area contributed by atoms with E-state index in [9.17, 15) is 24.5 Å². The van der Waals surface area contributed by atoms with E-state index in [-0.39, 0.29) is 43.2 Å². The third-order valence-corrected chi connectivity index (χ3v) is 4.18. The van der Waals surface area contributed by atoms with Crippen molar-refractivity contribution in [2.75, 3.05) is 19.7 Å². The van der Waals surface area contributed by atoms with Gasteiger partial charge in [-0.25, -0.2) is 4.79 Å². The van der Waals surface area contributed by atoms with E-state index in [1.807, 2.05) is 13.8 Å². The van der Waals surface area contributed by atoms with E-state index >= 15 is 0 Å². The van der Waals surface area contributed by atoms with Crippen molar-refractivity contribution in [1.82, 2.24) is 9.47 Å². The molecule has 1 amide bonds. The summed E-state index contributed by atoms with van der Waals surface area (Å²) >= 11 is 0. The second kappa shape index (κ2) is 9.67. The Bertz CT molecular complexity index is 989. The molecule has 10 heteroatoms. The van der Waals surface area contributed by atoms with Crippen LogP contribution in [0.1, 0.15) is 26.7 Å². The number of hydrogen-bond acceptors (Lipinski definition) is 7. The van der Waals surface area contributed by atoms with Gasteiger partial charge in [0.1, 0.15) is 0 Å². The number of nitro groups is 1. The summed E-state index contributed by atoms with van der Waals surface area (Å²) in [6.45, 7) is 8.10. The summed E-state index contributed by atoms with van der Waals surface area (Å²) in [6.07, 6.45) is 0.286. The van der Waals surface area contributed by atoms with E-state index in [2.05, 4.69) is 6.58 Å². The Kier molecular flexibility index (Phi) is 7.29. The summed E-state index contributed by atoms with van der Waals surface area (Å²) in [6, 6.07) is 3.88. The molecule has 2 rings (SSSR count). The number of nitrogens with zero attached hydrogens (tertiary/aromatic N) is 3. The molecule has 1 aromatic heterocycles. The zero-order valence-corrected chi connectivity index (χ0v) is 16.4. The fraction of sp³-hybridized carbons (Fsp3) is 0.421. The van der Waals surface area contributed by atoms with Crippen LogP contribution in [0.4, 0.5) is 5.69 Å². The van der Waals surface area contributed by atoms with Gasteiger partial charge >= 0.3 is 11.7 Å². The number of aryl methyl sites for hydroxylation is 1. The van der Waals surface area contributed by atoms with Gasteiger partial charge in [-0.15, -0.1) is 0 Å². The molecule has 156 valence electrons. The SMILES string of the molecule is C=C(C)CN(CC)C(=O)COC(=O)CCCn1c(=O)oc2cc([N+](=O)[O-])ccc21. The molecule has 0 spiro atoms. The maximum atomic E-state index is 12.0. The average molecular weight is 405 g/mol. The van der Waals surface area contributed by atoms with Gasteiger partial charge in [0.2, 0.25) is 0 Å². The monoisotopic (exact) mass is 405 g/mol. The fourth-order valence-electron chi connectivity index (χ4n) is 2.77. The third kappa shape index (κ3) is 5.77. The molecule has 0 aliphatic carbocycles. The van der Waals surface area contributed by atoms with Gasteiger partial charge in [-0.05, 0) is 26.3 Å². The lowest BCUT2D eigenvalue weighted by Gasteiger charge is -2.20. The highest BCUT2D eigenvalue weighted by Gasteiger charge is 2.16. The third-order valence-electron chi connectivity index (χ3n) is 4.18. The molecule has 29 heavy (non-hydrogen) atoms. The zero-order valence-electron chi connectivity index (χ0n) is 16.4. The summed E-state index contributed by atoms with van der Waals surface area (Å²) in [7, 11) is 0. The topological polar surface area (TPSA) is 125 Å². The van der Waals surface area contributed by atoms with Crippen LogP contribution in [-0.2, 0) is 20.9 Å². The van der Waals surface area contributed by atoms with Crippen LogP contribution in [0, 0.1) is 10.1 Å². The highest BCUT2D eigenvalue weighted by Crippen LogP contribution is 2.20. The number of benzene rings is 1. The molecule has 1 heterocycles. The first-order valence-corrected chi connectivity index (χ1v) is 9.08. The molecule has 2 aromatic rings. The van der Waals surface area contributed by atoms with Crippen molar-refractivity contribution in [2.45, 2.75) is 33.2 Å². The Morgan fingerprint density at radius 3 is 2.72 bits per heavy atom. The van der Waals surface area contributed by atoms with Gasteiger partial charge in [0, 0.05) is 32.1 Å². The predicted molar refractivity (Wildman–Crippen MR) is 104 cm³/mol. The number of carbonyl (C=O) groups excluding carboxylic acids is 2. The minimum absolute atomic E-state index is 0.00594. The number of likely N-dealkylation sites (N-methyl/N-ethyl adjacent to an activating group) is 1. The Labute approximate surface area is 166 Å². The van der Waals surface area contributed by atoms with E-state index in [1.54, 1.807) is 0 Å². The fourth-order valence-corrected chi connectivity index (χ4v) is 2.77. The Balaban J connectivity index is 1.88. The van der Waals surface area contributed by atoms with Crippen LogP contribution in [0.3, 0.4) is 0 Å². The van der Waals surface area contributed by atoms with Crippen molar-refractivity contribution in [2.24, 2.45) is 0 Å². The molecule has 10 nitrogen and oxygen atoms in total. The van der Waals surface area contributed by atoms with Crippen LogP contribution in [0.5, 0.6) is 0 Å². The quantitative estimate of drug-likeness (QED) is 0.257. The van der Waals surface area contributed by atoms with Gasteiger partial charge in [-0.2, -0.15) is 0 Å². The lowest BCUT2D eigenvalue weighted by Crippen LogP contribution is -2.35. The minimum atomic E-state index is -0.664. The van der Waals surface area contributed by atoms with E-state index in [1.165, 1.54) is 27.7 Å². The molecule has 0 fully saturated rings. The van der Waals surface area contributed by atoms with Crippen molar-refractivity contribution in [1.29, 1.82) is 0 Å².